The molecule has 1 unspecified atom stereocenters. The third-order valence-electron chi connectivity index (χ3n) is 6.36. The molecule has 5 nitrogen and oxygen atoms in total. The highest BCUT2D eigenvalue weighted by molar-refractivity contribution is 5.89. The first-order valence-corrected chi connectivity index (χ1v) is 9.60. The number of aromatic amines is 1. The molecule has 5 heteroatoms. The quantitative estimate of drug-likeness (QED) is 0.794. The van der Waals surface area contributed by atoms with Gasteiger partial charge in [-0.1, -0.05) is 12.1 Å². The summed E-state index contributed by atoms with van der Waals surface area (Å²) >= 11 is 0. The molecule has 134 valence electrons. The molecular formula is C20H27N3O2. The number of ether oxygens (including phenoxy) is 1. The highest BCUT2D eigenvalue weighted by Gasteiger charge is 2.37. The summed E-state index contributed by atoms with van der Waals surface area (Å²) < 4.78 is 5.49. The molecule has 3 heterocycles. The molecule has 0 amide bonds. The lowest BCUT2D eigenvalue weighted by atomic mass is 9.73. The number of aliphatic hydroxyl groups is 1. The fourth-order valence-electron chi connectivity index (χ4n) is 5.04. The summed E-state index contributed by atoms with van der Waals surface area (Å²) in [6.45, 7) is 5.93. The molecule has 3 aliphatic rings. The Kier molecular flexibility index (Phi) is 4.05. The predicted octanol–water partition coefficient (Wildman–Crippen LogP) is 1.61. The number of aromatic nitrogens is 1. The van der Waals surface area contributed by atoms with Gasteiger partial charge in [0, 0.05) is 61.3 Å². The van der Waals surface area contributed by atoms with E-state index in [9.17, 15) is 5.11 Å². The van der Waals surface area contributed by atoms with E-state index in [1.54, 1.807) is 0 Å². The summed E-state index contributed by atoms with van der Waals surface area (Å²) in [5.74, 6) is 0.902. The molecule has 0 spiro atoms. The van der Waals surface area contributed by atoms with Crippen LogP contribution >= 0.6 is 0 Å². The van der Waals surface area contributed by atoms with Gasteiger partial charge in [-0.05, 0) is 36.0 Å². The maximum atomic E-state index is 9.60. The number of rotatable bonds is 3. The summed E-state index contributed by atoms with van der Waals surface area (Å²) in [5, 5.41) is 14.8. The van der Waals surface area contributed by atoms with Crippen LogP contribution in [-0.2, 0) is 17.7 Å². The molecule has 1 aromatic heterocycles. The van der Waals surface area contributed by atoms with Gasteiger partial charge in [-0.3, -0.25) is 4.90 Å². The Labute approximate surface area is 148 Å². The summed E-state index contributed by atoms with van der Waals surface area (Å²) in [6.07, 6.45) is 2.19. The normalized spacial score (nSPS) is 29.7. The summed E-state index contributed by atoms with van der Waals surface area (Å²) in [5.41, 5.74) is 5.64. The van der Waals surface area contributed by atoms with Gasteiger partial charge in [0.15, 0.2) is 0 Å². The van der Waals surface area contributed by atoms with Crippen molar-refractivity contribution in [3.05, 3.63) is 35.0 Å². The topological polar surface area (TPSA) is 60.5 Å². The average molecular weight is 341 g/mol. The largest absolute Gasteiger partial charge is 0.396 e. The van der Waals surface area contributed by atoms with Gasteiger partial charge in [-0.15, -0.1) is 0 Å². The predicted molar refractivity (Wildman–Crippen MR) is 97.8 cm³/mol. The third-order valence-corrected chi connectivity index (χ3v) is 6.36. The van der Waals surface area contributed by atoms with Crippen LogP contribution in [0.3, 0.4) is 0 Å². The molecule has 25 heavy (non-hydrogen) atoms. The number of H-pyrrole nitrogens is 1. The van der Waals surface area contributed by atoms with Crippen molar-refractivity contribution < 1.29 is 9.84 Å². The van der Waals surface area contributed by atoms with Crippen molar-refractivity contribution in [3.8, 4) is 0 Å². The number of aliphatic hydroxyl groups excluding tert-OH is 1. The van der Waals surface area contributed by atoms with E-state index in [0.717, 1.165) is 52.2 Å². The molecule has 2 fully saturated rings. The second-order valence-corrected chi connectivity index (χ2v) is 7.85. The second kappa shape index (κ2) is 6.40. The summed E-state index contributed by atoms with van der Waals surface area (Å²) in [7, 11) is 0. The molecule has 1 aliphatic carbocycles. The van der Waals surface area contributed by atoms with Crippen molar-refractivity contribution in [2.24, 2.45) is 5.92 Å². The van der Waals surface area contributed by atoms with Gasteiger partial charge in [0.2, 0.25) is 0 Å². The molecule has 2 aliphatic heterocycles. The average Bonchev–Trinajstić information content (AvgIpc) is 3.01. The van der Waals surface area contributed by atoms with Crippen LogP contribution in [0.4, 0.5) is 0 Å². The van der Waals surface area contributed by atoms with Gasteiger partial charge in [-0.2, -0.15) is 0 Å². The number of nitrogens with zero attached hydrogens (tertiary/aromatic N) is 1. The van der Waals surface area contributed by atoms with Gasteiger partial charge in [0.1, 0.15) is 0 Å². The monoisotopic (exact) mass is 341 g/mol. The first-order chi connectivity index (χ1) is 12.3. The molecule has 0 radical (unpaired) electrons. The number of hydrogen-bond donors (Lipinski definition) is 3. The smallest absolute Gasteiger partial charge is 0.0594 e. The lowest BCUT2D eigenvalue weighted by molar-refractivity contribution is 0.0336. The second-order valence-electron chi connectivity index (χ2n) is 7.85. The lowest BCUT2D eigenvalue weighted by Crippen LogP contribution is -2.47. The Morgan fingerprint density at radius 1 is 1.24 bits per heavy atom. The van der Waals surface area contributed by atoms with Crippen LogP contribution in [0, 0.1) is 5.92 Å². The van der Waals surface area contributed by atoms with E-state index in [1.807, 2.05) is 0 Å². The van der Waals surface area contributed by atoms with E-state index >= 15 is 0 Å². The van der Waals surface area contributed by atoms with Crippen LogP contribution in [0.1, 0.15) is 29.2 Å². The van der Waals surface area contributed by atoms with Crippen molar-refractivity contribution >= 4 is 10.9 Å². The van der Waals surface area contributed by atoms with Gasteiger partial charge in [-0.25, -0.2) is 0 Å². The number of hydrogen-bond acceptors (Lipinski definition) is 4. The zero-order chi connectivity index (χ0) is 16.8. The fourth-order valence-corrected chi connectivity index (χ4v) is 5.04. The minimum atomic E-state index is 0.286. The number of benzene rings is 1. The van der Waals surface area contributed by atoms with E-state index in [2.05, 4.69) is 33.4 Å². The molecule has 3 N–H and O–H groups in total. The number of nitrogens with one attached hydrogen (secondary N) is 2. The summed E-state index contributed by atoms with van der Waals surface area (Å²) in [6, 6.07) is 7.20. The molecule has 1 aromatic carbocycles. The first kappa shape index (κ1) is 15.8. The molecule has 5 rings (SSSR count). The Balaban J connectivity index is 1.53. The van der Waals surface area contributed by atoms with Crippen LogP contribution in [0.25, 0.3) is 10.9 Å². The maximum absolute atomic E-state index is 9.60. The minimum Gasteiger partial charge on any atom is -0.396 e. The van der Waals surface area contributed by atoms with Crippen molar-refractivity contribution in [1.82, 2.24) is 15.2 Å². The Bertz CT molecular complexity index is 766. The van der Waals surface area contributed by atoms with Crippen LogP contribution in [-0.4, -0.2) is 60.5 Å². The van der Waals surface area contributed by atoms with Crippen LogP contribution in [0.15, 0.2) is 18.2 Å². The van der Waals surface area contributed by atoms with E-state index in [4.69, 9.17) is 4.74 Å². The Morgan fingerprint density at radius 2 is 2.12 bits per heavy atom. The van der Waals surface area contributed by atoms with E-state index in [0.29, 0.717) is 17.9 Å². The van der Waals surface area contributed by atoms with Gasteiger partial charge in [0.25, 0.3) is 0 Å². The van der Waals surface area contributed by atoms with Crippen LogP contribution in [0.2, 0.25) is 0 Å². The standard InChI is InChI=1S/C20H27N3O2/c24-12-13-8-15-14-2-1-3-17-20(14)16(9-18(15)21-10-13)19(22-17)11-23-4-6-25-7-5-23/h1-3,13,15,18,21-22,24H,4-12H2/t13?,15-,18-/m1/s1. The SMILES string of the molecule is OCC1CN[C@@H]2Cc3c(CN4CCOCC4)[nH]c4cccc(c34)[C@H]2C1. The molecule has 2 aromatic rings. The molecular weight excluding hydrogens is 314 g/mol. The molecule has 3 atom stereocenters. The van der Waals surface area contributed by atoms with E-state index in [1.165, 1.54) is 27.7 Å². The first-order valence-electron chi connectivity index (χ1n) is 9.60. The third kappa shape index (κ3) is 2.70. The zero-order valence-electron chi connectivity index (χ0n) is 14.6. The minimum absolute atomic E-state index is 0.286. The number of morpholine rings is 1. The highest BCUT2D eigenvalue weighted by atomic mass is 16.5. The van der Waals surface area contributed by atoms with E-state index < -0.39 is 0 Å². The lowest BCUT2D eigenvalue weighted by Gasteiger charge is -2.40. The van der Waals surface area contributed by atoms with Crippen molar-refractivity contribution in [3.63, 3.8) is 0 Å². The Hall–Kier alpha value is -1.40. The maximum Gasteiger partial charge on any atom is 0.0594 e. The zero-order valence-corrected chi connectivity index (χ0v) is 14.6. The molecule has 0 saturated carbocycles. The fraction of sp³-hybridized carbons (Fsp3) is 0.600. The highest BCUT2D eigenvalue weighted by Crippen LogP contribution is 2.43. The van der Waals surface area contributed by atoms with Crippen LogP contribution < -0.4 is 5.32 Å². The summed E-state index contributed by atoms with van der Waals surface area (Å²) in [4.78, 5) is 6.21. The van der Waals surface area contributed by atoms with Crippen molar-refractivity contribution in [1.29, 1.82) is 0 Å². The molecule has 0 bridgehead atoms. The Morgan fingerprint density at radius 3 is 2.96 bits per heavy atom. The number of piperidine rings is 1. The van der Waals surface area contributed by atoms with Crippen LogP contribution in [0.5, 0.6) is 0 Å². The van der Waals surface area contributed by atoms with Crippen molar-refractivity contribution in [2.75, 3.05) is 39.5 Å². The molecule has 2 saturated heterocycles. The van der Waals surface area contributed by atoms with Gasteiger partial charge >= 0.3 is 0 Å². The van der Waals surface area contributed by atoms with Crippen molar-refractivity contribution in [2.45, 2.75) is 31.3 Å². The number of fused-ring (bicyclic) bond motifs is 2. The van der Waals surface area contributed by atoms with E-state index in [-0.39, 0.29) is 6.61 Å². The van der Waals surface area contributed by atoms with Gasteiger partial charge in [0.05, 0.1) is 13.2 Å². The van der Waals surface area contributed by atoms with Gasteiger partial charge < -0.3 is 20.1 Å².